The van der Waals surface area contributed by atoms with Gasteiger partial charge in [-0.05, 0) is 19.8 Å². The van der Waals surface area contributed by atoms with Crippen LogP contribution in [-0.2, 0) is 13.1 Å². The number of aryl methyl sites for hydroxylation is 1. The van der Waals surface area contributed by atoms with E-state index in [1.54, 1.807) is 0 Å². The third-order valence-electron chi connectivity index (χ3n) is 3.18. The molecule has 4 nitrogen and oxygen atoms in total. The monoisotopic (exact) mass is 223 g/mol. The van der Waals surface area contributed by atoms with Crippen LogP contribution in [0.15, 0.2) is 12.5 Å². The van der Waals surface area contributed by atoms with E-state index in [0.717, 1.165) is 39.0 Å². The number of hydrogen-bond acceptors (Lipinski definition) is 3. The number of aromatic nitrogens is 2. The zero-order chi connectivity index (χ0) is 11.6. The number of rotatable bonds is 4. The lowest BCUT2D eigenvalue weighted by Gasteiger charge is -2.19. The van der Waals surface area contributed by atoms with Crippen molar-refractivity contribution in [1.82, 2.24) is 14.5 Å². The molecule has 1 atom stereocenters. The van der Waals surface area contributed by atoms with E-state index < -0.39 is 5.60 Å². The molecule has 0 aromatic carbocycles. The van der Waals surface area contributed by atoms with Crippen molar-refractivity contribution < 1.29 is 5.11 Å². The standard InChI is InChI=1S/C12H21N3O/c1-3-5-15-10-13-7-11(15)8-14-6-4-12(2,16)9-14/h7,10,16H,3-6,8-9H2,1-2H3. The van der Waals surface area contributed by atoms with E-state index >= 15 is 0 Å². The van der Waals surface area contributed by atoms with Gasteiger partial charge < -0.3 is 9.67 Å². The van der Waals surface area contributed by atoms with E-state index in [1.807, 2.05) is 19.4 Å². The summed E-state index contributed by atoms with van der Waals surface area (Å²) in [5, 5.41) is 9.90. The summed E-state index contributed by atoms with van der Waals surface area (Å²) in [6.45, 7) is 7.76. The number of imidazole rings is 1. The van der Waals surface area contributed by atoms with Crippen molar-refractivity contribution in [2.75, 3.05) is 13.1 Å². The van der Waals surface area contributed by atoms with Crippen molar-refractivity contribution in [3.8, 4) is 0 Å². The van der Waals surface area contributed by atoms with Gasteiger partial charge in [-0.2, -0.15) is 0 Å². The molecular formula is C12H21N3O. The van der Waals surface area contributed by atoms with Crippen molar-refractivity contribution >= 4 is 0 Å². The van der Waals surface area contributed by atoms with Gasteiger partial charge in [0.1, 0.15) is 0 Å². The summed E-state index contributed by atoms with van der Waals surface area (Å²) >= 11 is 0. The summed E-state index contributed by atoms with van der Waals surface area (Å²) < 4.78 is 2.20. The van der Waals surface area contributed by atoms with Crippen LogP contribution in [-0.4, -0.2) is 38.2 Å². The van der Waals surface area contributed by atoms with E-state index in [1.165, 1.54) is 5.69 Å². The molecule has 16 heavy (non-hydrogen) atoms. The highest BCUT2D eigenvalue weighted by Gasteiger charge is 2.31. The van der Waals surface area contributed by atoms with Gasteiger partial charge in [0, 0.05) is 32.4 Å². The highest BCUT2D eigenvalue weighted by atomic mass is 16.3. The lowest BCUT2D eigenvalue weighted by Crippen LogP contribution is -2.29. The van der Waals surface area contributed by atoms with Crippen molar-refractivity contribution in [1.29, 1.82) is 0 Å². The average Bonchev–Trinajstić information content (AvgIpc) is 2.76. The van der Waals surface area contributed by atoms with Crippen LogP contribution in [0.1, 0.15) is 32.4 Å². The number of nitrogens with zero attached hydrogens (tertiary/aromatic N) is 3. The van der Waals surface area contributed by atoms with Crippen LogP contribution < -0.4 is 0 Å². The van der Waals surface area contributed by atoms with Gasteiger partial charge in [0.2, 0.25) is 0 Å². The normalized spacial score (nSPS) is 26.4. The highest BCUT2D eigenvalue weighted by molar-refractivity contribution is 5.00. The topological polar surface area (TPSA) is 41.3 Å². The molecule has 0 saturated carbocycles. The maximum Gasteiger partial charge on any atom is 0.0948 e. The minimum atomic E-state index is -0.504. The number of likely N-dealkylation sites (tertiary alicyclic amines) is 1. The fourth-order valence-corrected chi connectivity index (χ4v) is 2.32. The second-order valence-electron chi connectivity index (χ2n) is 5.04. The van der Waals surface area contributed by atoms with Crippen LogP contribution >= 0.6 is 0 Å². The van der Waals surface area contributed by atoms with Gasteiger partial charge in [-0.25, -0.2) is 4.98 Å². The molecule has 1 saturated heterocycles. The predicted octanol–water partition coefficient (Wildman–Crippen LogP) is 1.25. The van der Waals surface area contributed by atoms with Gasteiger partial charge in [-0.1, -0.05) is 6.92 Å². The van der Waals surface area contributed by atoms with Crippen LogP contribution in [0.5, 0.6) is 0 Å². The Hall–Kier alpha value is -0.870. The van der Waals surface area contributed by atoms with Crippen LogP contribution in [0, 0.1) is 0 Å². The molecule has 0 spiro atoms. The molecule has 1 N–H and O–H groups in total. The summed E-state index contributed by atoms with van der Waals surface area (Å²) in [6.07, 6.45) is 5.83. The van der Waals surface area contributed by atoms with E-state index in [4.69, 9.17) is 0 Å². The molecule has 1 aliphatic rings. The molecule has 4 heteroatoms. The van der Waals surface area contributed by atoms with Gasteiger partial charge in [-0.3, -0.25) is 4.90 Å². The van der Waals surface area contributed by atoms with Crippen molar-refractivity contribution in [2.24, 2.45) is 0 Å². The molecular weight excluding hydrogens is 202 g/mol. The Labute approximate surface area is 96.9 Å². The Balaban J connectivity index is 1.96. The zero-order valence-electron chi connectivity index (χ0n) is 10.2. The molecule has 0 aliphatic carbocycles. The van der Waals surface area contributed by atoms with Gasteiger partial charge >= 0.3 is 0 Å². The summed E-state index contributed by atoms with van der Waals surface area (Å²) in [7, 11) is 0. The molecule has 0 radical (unpaired) electrons. The SMILES string of the molecule is CCCn1cncc1CN1CCC(C)(O)C1. The highest BCUT2D eigenvalue weighted by Crippen LogP contribution is 2.21. The van der Waals surface area contributed by atoms with E-state index in [9.17, 15) is 5.11 Å². The summed E-state index contributed by atoms with van der Waals surface area (Å²) in [5.74, 6) is 0. The lowest BCUT2D eigenvalue weighted by molar-refractivity contribution is 0.0676. The fourth-order valence-electron chi connectivity index (χ4n) is 2.32. The Kier molecular flexibility index (Phi) is 3.30. The van der Waals surface area contributed by atoms with Gasteiger partial charge in [0.25, 0.3) is 0 Å². The van der Waals surface area contributed by atoms with Gasteiger partial charge in [0.05, 0.1) is 17.6 Å². The Morgan fingerprint density at radius 3 is 3.00 bits per heavy atom. The first kappa shape index (κ1) is 11.6. The third-order valence-corrected chi connectivity index (χ3v) is 3.18. The van der Waals surface area contributed by atoms with Crippen molar-refractivity contribution in [3.63, 3.8) is 0 Å². The smallest absolute Gasteiger partial charge is 0.0948 e. The van der Waals surface area contributed by atoms with E-state index in [-0.39, 0.29) is 0 Å². The van der Waals surface area contributed by atoms with Crippen LogP contribution in [0.3, 0.4) is 0 Å². The second-order valence-corrected chi connectivity index (χ2v) is 5.04. The maximum atomic E-state index is 9.90. The van der Waals surface area contributed by atoms with Crippen molar-refractivity contribution in [3.05, 3.63) is 18.2 Å². The van der Waals surface area contributed by atoms with Gasteiger partial charge in [-0.15, -0.1) is 0 Å². The molecule has 1 aromatic rings. The summed E-state index contributed by atoms with van der Waals surface area (Å²) in [4.78, 5) is 6.49. The van der Waals surface area contributed by atoms with Crippen molar-refractivity contribution in [2.45, 2.75) is 45.4 Å². The average molecular weight is 223 g/mol. The molecule has 1 aliphatic heterocycles. The quantitative estimate of drug-likeness (QED) is 0.835. The van der Waals surface area contributed by atoms with E-state index in [0.29, 0.717) is 0 Å². The first-order valence-corrected chi connectivity index (χ1v) is 6.04. The lowest BCUT2D eigenvalue weighted by atomic mass is 10.1. The molecule has 1 fully saturated rings. The molecule has 2 rings (SSSR count). The molecule has 1 aromatic heterocycles. The molecule has 0 bridgehead atoms. The third kappa shape index (κ3) is 2.62. The Bertz CT molecular complexity index is 346. The Morgan fingerprint density at radius 2 is 2.38 bits per heavy atom. The molecule has 0 amide bonds. The summed E-state index contributed by atoms with van der Waals surface area (Å²) in [6, 6.07) is 0. The minimum absolute atomic E-state index is 0.504. The van der Waals surface area contributed by atoms with Crippen LogP contribution in [0.4, 0.5) is 0 Å². The first-order valence-electron chi connectivity index (χ1n) is 6.04. The van der Waals surface area contributed by atoms with E-state index in [2.05, 4.69) is 21.4 Å². The largest absolute Gasteiger partial charge is 0.389 e. The molecule has 1 unspecified atom stereocenters. The number of β-amino-alcohol motifs (C(OH)–C–C–N with tert-alkyl or cyclic N) is 1. The second kappa shape index (κ2) is 4.55. The summed E-state index contributed by atoms with van der Waals surface area (Å²) in [5.41, 5.74) is 0.745. The minimum Gasteiger partial charge on any atom is -0.389 e. The maximum absolute atomic E-state index is 9.90. The number of aliphatic hydroxyl groups is 1. The number of hydrogen-bond donors (Lipinski definition) is 1. The molecule has 2 heterocycles. The van der Waals surface area contributed by atoms with Crippen LogP contribution in [0.25, 0.3) is 0 Å². The van der Waals surface area contributed by atoms with Gasteiger partial charge in [0.15, 0.2) is 0 Å². The molecule has 90 valence electrons. The first-order chi connectivity index (χ1) is 7.61. The fraction of sp³-hybridized carbons (Fsp3) is 0.750. The van der Waals surface area contributed by atoms with Crippen LogP contribution in [0.2, 0.25) is 0 Å². The predicted molar refractivity (Wildman–Crippen MR) is 63.0 cm³/mol. The Morgan fingerprint density at radius 1 is 1.56 bits per heavy atom. The zero-order valence-corrected chi connectivity index (χ0v) is 10.2.